The number of aromatic nitrogens is 1. The number of amides is 3. The molecule has 56 heavy (non-hydrogen) atoms. The van der Waals surface area contributed by atoms with E-state index in [9.17, 15) is 35.4 Å². The monoisotopic (exact) mass is 841 g/mol. The van der Waals surface area contributed by atoms with Crippen LogP contribution in [0.1, 0.15) is 89.0 Å². The highest BCUT2D eigenvalue weighted by Gasteiger charge is 2.43. The third-order valence-electron chi connectivity index (χ3n) is 9.90. The van der Waals surface area contributed by atoms with Gasteiger partial charge in [-0.05, 0) is 88.1 Å². The standard InChI is InChI=1S/C38H43N5O9S4/c1-7-16-39-35(45)33-22(4)30(40-23(33)5)19-27-26-18-24(14-15-29(26)41-34(27)44)36(54(47)25-12-10-9-11-13-25)42-56(50,51)32-20-28-31(43(8-2)38(46)52-6)17-21(3)55(48,49)37(28)53-32/h9-15,18-21,31,36,40,42H,7-8,16-17H2,1-6H3,(H,39,45)(H,41,44)/b27-19-/t21-,31-,36?,54?/m0/s1. The molecule has 4 aromatic rings. The maximum absolute atomic E-state index is 14.3. The lowest BCUT2D eigenvalue weighted by atomic mass is 10.0. The summed E-state index contributed by atoms with van der Waals surface area (Å²) in [5, 5.41) is 3.39. The van der Waals surface area contributed by atoms with Crippen LogP contribution in [-0.2, 0) is 40.2 Å². The largest absolute Gasteiger partial charge is 0.453 e. The maximum atomic E-state index is 14.3. The summed E-state index contributed by atoms with van der Waals surface area (Å²) in [6, 6.07) is 13.5. The molecule has 2 aromatic carbocycles. The van der Waals surface area contributed by atoms with Gasteiger partial charge in [0.1, 0.15) is 13.8 Å². The fourth-order valence-electron chi connectivity index (χ4n) is 6.96. The minimum Gasteiger partial charge on any atom is -0.453 e. The number of nitrogens with one attached hydrogen (secondary N) is 4. The lowest BCUT2D eigenvalue weighted by Gasteiger charge is -2.34. The Hall–Kier alpha value is -4.62. The van der Waals surface area contributed by atoms with Crippen molar-refractivity contribution in [2.45, 2.75) is 77.4 Å². The molecule has 4 N–H and O–H groups in total. The first kappa shape index (κ1) is 41.0. The van der Waals surface area contributed by atoms with E-state index in [0.29, 0.717) is 56.5 Å². The Morgan fingerprint density at radius 2 is 1.84 bits per heavy atom. The number of H-pyrrole nitrogens is 1. The summed E-state index contributed by atoms with van der Waals surface area (Å²) in [6.45, 7) is 9.42. The van der Waals surface area contributed by atoms with Gasteiger partial charge in [0.25, 0.3) is 21.8 Å². The minimum atomic E-state index is -4.58. The molecule has 2 aliphatic heterocycles. The zero-order chi connectivity index (χ0) is 40.7. The Bertz CT molecular complexity index is 2490. The van der Waals surface area contributed by atoms with Crippen LogP contribution in [0.4, 0.5) is 10.5 Å². The molecule has 2 aromatic heterocycles. The number of ether oxygens (including phenoxy) is 1. The van der Waals surface area contributed by atoms with Gasteiger partial charge >= 0.3 is 6.09 Å². The molecule has 3 amide bonds. The highest BCUT2D eigenvalue weighted by molar-refractivity contribution is 7.96. The summed E-state index contributed by atoms with van der Waals surface area (Å²) >= 11 is 0.569. The Balaban J connectivity index is 1.42. The van der Waals surface area contributed by atoms with Gasteiger partial charge in [-0.15, -0.1) is 11.3 Å². The zero-order valence-corrected chi connectivity index (χ0v) is 34.9. The Morgan fingerprint density at radius 1 is 1.12 bits per heavy atom. The van der Waals surface area contributed by atoms with Gasteiger partial charge in [0.15, 0.2) is 9.84 Å². The molecule has 6 rings (SSSR count). The predicted molar refractivity (Wildman–Crippen MR) is 215 cm³/mol. The van der Waals surface area contributed by atoms with Crippen molar-refractivity contribution in [3.05, 3.63) is 93.8 Å². The number of sulfone groups is 1. The highest BCUT2D eigenvalue weighted by atomic mass is 32.3. The van der Waals surface area contributed by atoms with Gasteiger partial charge in [-0.2, -0.15) is 4.72 Å². The smallest absolute Gasteiger partial charge is 0.409 e. The van der Waals surface area contributed by atoms with E-state index in [1.807, 2.05) is 6.92 Å². The SMILES string of the molecule is CCCNC(=O)c1c(C)[nH]c(/C=C2\C(=O)Nc3ccc(C(NS(=O)(=O)c4cc5c(s4)S(=O)(=O)[C@@H](C)C[C@@H]5N(CC)C(=O)OC)S(=O)c4ccccc4)cc32)c1C. The molecule has 4 heterocycles. The minimum absolute atomic E-state index is 0.0370. The van der Waals surface area contributed by atoms with Crippen molar-refractivity contribution in [1.29, 1.82) is 0 Å². The number of aryl methyl sites for hydroxylation is 1. The first-order chi connectivity index (χ1) is 26.5. The molecule has 298 valence electrons. The summed E-state index contributed by atoms with van der Waals surface area (Å²) in [5.41, 5.74) is 3.81. The van der Waals surface area contributed by atoms with E-state index in [-0.39, 0.29) is 44.0 Å². The van der Waals surface area contributed by atoms with Crippen LogP contribution in [0.2, 0.25) is 0 Å². The molecular formula is C38H43N5O9S4. The summed E-state index contributed by atoms with van der Waals surface area (Å²) in [5.74, 6) is -0.662. The molecule has 0 fully saturated rings. The van der Waals surface area contributed by atoms with Gasteiger partial charge in [-0.1, -0.05) is 31.2 Å². The van der Waals surface area contributed by atoms with E-state index in [0.717, 1.165) is 6.42 Å². The Kier molecular flexibility index (Phi) is 11.8. The van der Waals surface area contributed by atoms with Crippen molar-refractivity contribution < 1.29 is 40.2 Å². The topological polar surface area (TPSA) is 201 Å². The third kappa shape index (κ3) is 7.59. The second-order valence-electron chi connectivity index (χ2n) is 13.5. The third-order valence-corrected chi connectivity index (χ3v) is 17.4. The van der Waals surface area contributed by atoms with E-state index in [2.05, 4.69) is 20.3 Å². The Labute approximate surface area is 332 Å². The summed E-state index contributed by atoms with van der Waals surface area (Å²) in [7, 11) is -9.35. The van der Waals surface area contributed by atoms with Gasteiger partial charge in [0.05, 0.1) is 40.3 Å². The number of carbonyl (C=O) groups excluding carboxylic acids is 3. The van der Waals surface area contributed by atoms with E-state index < -0.39 is 59.3 Å². The van der Waals surface area contributed by atoms with E-state index in [4.69, 9.17) is 4.74 Å². The van der Waals surface area contributed by atoms with Crippen LogP contribution < -0.4 is 15.4 Å². The zero-order valence-electron chi connectivity index (χ0n) is 31.6. The number of aromatic amines is 1. The van der Waals surface area contributed by atoms with Crippen molar-refractivity contribution in [3.8, 4) is 0 Å². The fourth-order valence-corrected chi connectivity index (χ4v) is 13.8. The van der Waals surface area contributed by atoms with Crippen LogP contribution in [0.5, 0.6) is 0 Å². The first-order valence-corrected chi connectivity index (χ1v) is 22.9. The molecule has 0 radical (unpaired) electrons. The summed E-state index contributed by atoms with van der Waals surface area (Å²) in [4.78, 5) is 43.9. The molecular weight excluding hydrogens is 799 g/mol. The van der Waals surface area contributed by atoms with Crippen molar-refractivity contribution in [2.24, 2.45) is 0 Å². The number of fused-ring (bicyclic) bond motifs is 2. The number of rotatable bonds is 12. The molecule has 0 saturated carbocycles. The molecule has 4 atom stereocenters. The normalized spacial score (nSPS) is 19.1. The number of thiophene rings is 1. The Morgan fingerprint density at radius 3 is 2.50 bits per heavy atom. The quantitative estimate of drug-likeness (QED) is 0.127. The molecule has 0 saturated heterocycles. The molecule has 2 unspecified atom stereocenters. The van der Waals surface area contributed by atoms with Crippen LogP contribution in [0.3, 0.4) is 0 Å². The second-order valence-corrected chi connectivity index (χ2v) is 20.6. The number of hydrogen-bond donors (Lipinski definition) is 4. The van der Waals surface area contributed by atoms with Crippen LogP contribution in [0.25, 0.3) is 11.6 Å². The van der Waals surface area contributed by atoms with E-state index in [1.54, 1.807) is 75.4 Å². The van der Waals surface area contributed by atoms with E-state index in [1.165, 1.54) is 25.0 Å². The molecule has 18 heteroatoms. The molecule has 0 spiro atoms. The first-order valence-electron chi connectivity index (χ1n) is 17.9. The lowest BCUT2D eigenvalue weighted by Crippen LogP contribution is -2.40. The van der Waals surface area contributed by atoms with Crippen LogP contribution in [0.15, 0.2) is 67.9 Å². The van der Waals surface area contributed by atoms with Crippen LogP contribution >= 0.6 is 11.3 Å². The van der Waals surface area contributed by atoms with Crippen molar-refractivity contribution >= 4 is 77.2 Å². The average Bonchev–Trinajstić information content (AvgIpc) is 3.85. The summed E-state index contributed by atoms with van der Waals surface area (Å²) < 4.78 is 77.1. The number of nitrogens with zero attached hydrogens (tertiary/aromatic N) is 1. The second kappa shape index (κ2) is 16.1. The number of hydrogen-bond acceptors (Lipinski definition) is 10. The predicted octanol–water partition coefficient (Wildman–Crippen LogP) is 5.81. The summed E-state index contributed by atoms with van der Waals surface area (Å²) in [6.07, 6.45) is 1.75. The van der Waals surface area contributed by atoms with Crippen LogP contribution in [0, 0.1) is 13.8 Å². The van der Waals surface area contributed by atoms with Gasteiger partial charge in [-0.25, -0.2) is 21.6 Å². The van der Waals surface area contributed by atoms with Crippen molar-refractivity contribution in [1.82, 2.24) is 19.9 Å². The van der Waals surface area contributed by atoms with Crippen molar-refractivity contribution in [3.63, 3.8) is 0 Å². The number of carbonyl (C=O) groups is 3. The van der Waals surface area contributed by atoms with Gasteiger partial charge < -0.3 is 25.3 Å². The van der Waals surface area contributed by atoms with Gasteiger partial charge in [-0.3, -0.25) is 13.8 Å². The molecule has 14 nitrogen and oxygen atoms in total. The van der Waals surface area contributed by atoms with Crippen LogP contribution in [-0.4, -0.2) is 74.3 Å². The maximum Gasteiger partial charge on any atom is 0.409 e. The number of benzene rings is 2. The number of methoxy groups -OCH3 is 1. The number of anilines is 1. The van der Waals surface area contributed by atoms with E-state index >= 15 is 0 Å². The average molecular weight is 842 g/mol. The lowest BCUT2D eigenvalue weighted by molar-refractivity contribution is -0.110. The molecule has 0 aliphatic carbocycles. The number of sulfonamides is 1. The fraction of sp³-hybridized carbons (Fsp3) is 0.342. The highest BCUT2D eigenvalue weighted by Crippen LogP contribution is 2.46. The molecule has 0 bridgehead atoms. The van der Waals surface area contributed by atoms with Gasteiger partial charge in [0.2, 0.25) is 0 Å². The molecule has 2 aliphatic rings. The van der Waals surface area contributed by atoms with Crippen molar-refractivity contribution in [2.75, 3.05) is 25.5 Å². The van der Waals surface area contributed by atoms with Gasteiger partial charge in [0, 0.05) is 46.2 Å².